The molecule has 0 bridgehead atoms. The van der Waals surface area contributed by atoms with Crippen molar-refractivity contribution in [3.63, 3.8) is 0 Å². The fourth-order valence-corrected chi connectivity index (χ4v) is 8.05. The van der Waals surface area contributed by atoms with Gasteiger partial charge in [0.1, 0.15) is 22.3 Å². The molecule has 216 valence electrons. The van der Waals surface area contributed by atoms with Crippen molar-refractivity contribution in [2.24, 2.45) is 0 Å². The van der Waals surface area contributed by atoms with Gasteiger partial charge in [0.25, 0.3) is 0 Å². The lowest BCUT2D eigenvalue weighted by Crippen LogP contribution is -2.02. The van der Waals surface area contributed by atoms with E-state index in [1.165, 1.54) is 49.7 Å². The van der Waals surface area contributed by atoms with Gasteiger partial charge in [-0.1, -0.05) is 66.7 Å². The van der Waals surface area contributed by atoms with E-state index in [2.05, 4.69) is 118 Å². The van der Waals surface area contributed by atoms with Gasteiger partial charge in [-0.2, -0.15) is 0 Å². The second-order valence-electron chi connectivity index (χ2n) is 12.4. The third-order valence-corrected chi connectivity index (χ3v) is 9.98. The van der Waals surface area contributed by atoms with Gasteiger partial charge in [0.15, 0.2) is 0 Å². The summed E-state index contributed by atoms with van der Waals surface area (Å²) in [6, 6.07) is 43.3. The molecule has 0 atom stereocenters. The molecule has 1 aliphatic carbocycles. The summed E-state index contributed by atoms with van der Waals surface area (Å²) in [5, 5.41) is 8.43. The summed E-state index contributed by atoms with van der Waals surface area (Å²) < 4.78 is 17.3. The molecule has 0 fully saturated rings. The van der Waals surface area contributed by atoms with E-state index in [9.17, 15) is 0 Å². The smallest absolute Gasteiger partial charge is 0.135 e. The Morgan fingerprint density at radius 3 is 1.72 bits per heavy atom. The van der Waals surface area contributed by atoms with E-state index in [1.807, 2.05) is 24.3 Å². The van der Waals surface area contributed by atoms with Crippen molar-refractivity contribution in [3.8, 4) is 11.4 Å². The van der Waals surface area contributed by atoms with Crippen LogP contribution in [0.3, 0.4) is 0 Å². The molecule has 4 aromatic heterocycles. The van der Waals surface area contributed by atoms with Gasteiger partial charge in [-0.3, -0.25) is 0 Å². The number of furan rings is 2. The Balaban J connectivity index is 1.23. The van der Waals surface area contributed by atoms with Gasteiger partial charge in [-0.15, -0.1) is 0 Å². The Kier molecular flexibility index (Phi) is 4.66. The number of hydrogen-bond acceptors (Lipinski definition) is 2. The van der Waals surface area contributed by atoms with Crippen LogP contribution in [0.5, 0.6) is 0 Å². The molecule has 0 amide bonds. The average Bonchev–Trinajstić information content (AvgIpc) is 3.85. The predicted octanol–water partition coefficient (Wildman–Crippen LogP) is 11.5. The van der Waals surface area contributed by atoms with E-state index in [-0.39, 0.29) is 0 Å². The highest BCUT2D eigenvalue weighted by Gasteiger charge is 2.24. The van der Waals surface area contributed by atoms with Gasteiger partial charge in [0.2, 0.25) is 0 Å². The Bertz CT molecular complexity index is 2920. The van der Waals surface area contributed by atoms with Crippen molar-refractivity contribution in [1.29, 1.82) is 0 Å². The molecule has 1 aliphatic rings. The zero-order valence-corrected chi connectivity index (χ0v) is 24.8. The molecule has 46 heavy (non-hydrogen) atoms. The molecule has 4 nitrogen and oxygen atoms in total. The lowest BCUT2D eigenvalue weighted by Gasteiger charge is -2.13. The van der Waals surface area contributed by atoms with E-state index >= 15 is 0 Å². The van der Waals surface area contributed by atoms with Crippen LogP contribution in [0.15, 0.2) is 136 Å². The number of para-hydroxylation sites is 3. The van der Waals surface area contributed by atoms with Crippen LogP contribution in [0.2, 0.25) is 0 Å². The van der Waals surface area contributed by atoms with Crippen LogP contribution in [-0.4, -0.2) is 9.13 Å². The number of fused-ring (bicyclic) bond motifs is 13. The molecule has 0 aliphatic heterocycles. The second kappa shape index (κ2) is 8.80. The monoisotopic (exact) mass is 590 g/mol. The van der Waals surface area contributed by atoms with Crippen molar-refractivity contribution in [2.75, 3.05) is 0 Å². The van der Waals surface area contributed by atoms with E-state index in [1.54, 1.807) is 0 Å². The van der Waals surface area contributed by atoms with Gasteiger partial charge in [0, 0.05) is 60.3 Å². The molecule has 0 saturated carbocycles. The zero-order chi connectivity index (χ0) is 29.9. The van der Waals surface area contributed by atoms with Crippen molar-refractivity contribution in [3.05, 3.63) is 139 Å². The average molecular weight is 591 g/mol. The maximum atomic E-state index is 6.19. The highest BCUT2D eigenvalue weighted by atomic mass is 16.3. The molecule has 0 spiro atoms. The second-order valence-corrected chi connectivity index (χ2v) is 12.4. The number of rotatable bonds is 2. The van der Waals surface area contributed by atoms with Gasteiger partial charge in [0.05, 0.1) is 16.6 Å². The SMILES string of the molecule is C1=Cc2c(n(-c3ccc4oc5ccccc5c4c3)c3ccc4c(c5ccccc5n4-c4ccc5oc6ccccc6c5c4)c23)CC1. The molecule has 4 heterocycles. The summed E-state index contributed by atoms with van der Waals surface area (Å²) in [4.78, 5) is 0. The molecule has 0 saturated heterocycles. The van der Waals surface area contributed by atoms with E-state index in [0.29, 0.717) is 0 Å². The molecule has 0 unspecified atom stereocenters. The summed E-state index contributed by atoms with van der Waals surface area (Å²) in [5.41, 5.74) is 12.3. The number of nitrogens with zero attached hydrogens (tertiary/aromatic N) is 2. The highest BCUT2D eigenvalue weighted by molar-refractivity contribution is 6.24. The van der Waals surface area contributed by atoms with Gasteiger partial charge >= 0.3 is 0 Å². The van der Waals surface area contributed by atoms with Crippen molar-refractivity contribution >= 4 is 82.7 Å². The van der Waals surface area contributed by atoms with Crippen LogP contribution in [-0.2, 0) is 6.42 Å². The fraction of sp³-hybridized carbons (Fsp3) is 0.0476. The molecule has 10 aromatic rings. The minimum Gasteiger partial charge on any atom is -0.456 e. The summed E-state index contributed by atoms with van der Waals surface area (Å²) in [6.45, 7) is 0. The summed E-state index contributed by atoms with van der Waals surface area (Å²) in [7, 11) is 0. The van der Waals surface area contributed by atoms with Crippen LogP contribution < -0.4 is 0 Å². The molecular formula is C42H26N2O2. The van der Waals surface area contributed by atoms with Gasteiger partial charge in [-0.25, -0.2) is 0 Å². The van der Waals surface area contributed by atoms with E-state index in [0.717, 1.165) is 62.4 Å². The quantitative estimate of drug-likeness (QED) is 0.201. The zero-order valence-electron chi connectivity index (χ0n) is 24.8. The third kappa shape index (κ3) is 3.13. The lowest BCUT2D eigenvalue weighted by molar-refractivity contribution is 0.668. The van der Waals surface area contributed by atoms with Crippen molar-refractivity contribution < 1.29 is 8.83 Å². The highest BCUT2D eigenvalue weighted by Crippen LogP contribution is 2.44. The molecule has 6 aromatic carbocycles. The molecular weight excluding hydrogens is 564 g/mol. The van der Waals surface area contributed by atoms with Crippen LogP contribution in [0.1, 0.15) is 17.7 Å². The van der Waals surface area contributed by atoms with Crippen LogP contribution in [0, 0.1) is 0 Å². The van der Waals surface area contributed by atoms with Gasteiger partial charge < -0.3 is 18.0 Å². The first-order chi connectivity index (χ1) is 22.8. The maximum absolute atomic E-state index is 6.19. The van der Waals surface area contributed by atoms with Crippen molar-refractivity contribution in [1.82, 2.24) is 9.13 Å². The standard InChI is InChI=1S/C42H26N2O2/c1-5-13-33-29(11-1)41-35(43(33)25-17-21-39-31(23-25)27-9-3-7-15-37(27)45-39)19-20-36-42(41)30-12-2-6-14-34(30)44(36)26-18-22-40-32(24-26)28-10-4-8-16-38(28)46-40/h1-5,7-13,15-24H,6,14H2. The van der Waals surface area contributed by atoms with E-state index in [4.69, 9.17) is 8.83 Å². The molecule has 4 heteroatoms. The molecule has 0 N–H and O–H groups in total. The lowest BCUT2D eigenvalue weighted by atomic mass is 9.99. The normalized spacial score (nSPS) is 13.4. The summed E-state index contributed by atoms with van der Waals surface area (Å²) in [5.74, 6) is 0. The first-order valence-electron chi connectivity index (χ1n) is 15.9. The number of allylic oxidation sites excluding steroid dienone is 1. The summed E-state index contributed by atoms with van der Waals surface area (Å²) in [6.07, 6.45) is 6.70. The van der Waals surface area contributed by atoms with Crippen LogP contribution >= 0.6 is 0 Å². The largest absolute Gasteiger partial charge is 0.456 e. The topological polar surface area (TPSA) is 36.1 Å². The Hall–Kier alpha value is -6.00. The minimum atomic E-state index is 0.909. The van der Waals surface area contributed by atoms with Gasteiger partial charge in [-0.05, 0) is 79.6 Å². The Morgan fingerprint density at radius 2 is 1.02 bits per heavy atom. The Labute approximate surface area is 263 Å². The minimum absolute atomic E-state index is 0.909. The van der Waals surface area contributed by atoms with Crippen molar-refractivity contribution in [2.45, 2.75) is 12.8 Å². The first-order valence-corrected chi connectivity index (χ1v) is 15.9. The number of aromatic nitrogens is 2. The first kappa shape index (κ1) is 24.3. The molecule has 0 radical (unpaired) electrons. The van der Waals surface area contributed by atoms with Crippen LogP contribution in [0.25, 0.3) is 94.0 Å². The maximum Gasteiger partial charge on any atom is 0.135 e. The fourth-order valence-electron chi connectivity index (χ4n) is 8.05. The van der Waals surface area contributed by atoms with E-state index < -0.39 is 0 Å². The number of hydrogen-bond donors (Lipinski definition) is 0. The molecule has 11 rings (SSSR count). The Morgan fingerprint density at radius 1 is 0.457 bits per heavy atom. The summed E-state index contributed by atoms with van der Waals surface area (Å²) >= 11 is 0. The number of benzene rings is 6. The predicted molar refractivity (Wildman–Crippen MR) is 190 cm³/mol. The van der Waals surface area contributed by atoms with Crippen LogP contribution in [0.4, 0.5) is 0 Å². The third-order valence-electron chi connectivity index (χ3n) is 9.98.